The first-order valence-corrected chi connectivity index (χ1v) is 9.61. The van der Waals surface area contributed by atoms with E-state index in [1.807, 2.05) is 5.51 Å². The highest BCUT2D eigenvalue weighted by molar-refractivity contribution is 7.09. The molecule has 3 aliphatic rings. The Kier molecular flexibility index (Phi) is 4.39. The van der Waals surface area contributed by atoms with E-state index in [0.717, 1.165) is 50.6 Å². The molecular weight excluding hydrogens is 310 g/mol. The highest BCUT2D eigenvalue weighted by Crippen LogP contribution is 2.34. The molecule has 0 aromatic carbocycles. The lowest BCUT2D eigenvalue weighted by molar-refractivity contribution is -0.132. The quantitative estimate of drug-likeness (QED) is 0.894. The Balaban J connectivity index is 1.29. The van der Waals surface area contributed by atoms with Gasteiger partial charge in [-0.05, 0) is 51.0 Å². The molecule has 0 bridgehead atoms. The van der Waals surface area contributed by atoms with Crippen molar-refractivity contribution in [2.75, 3.05) is 19.6 Å². The molecule has 23 heavy (non-hydrogen) atoms. The van der Waals surface area contributed by atoms with Crippen molar-refractivity contribution in [2.45, 2.75) is 51.4 Å². The molecule has 3 heterocycles. The molecule has 6 heteroatoms. The summed E-state index contributed by atoms with van der Waals surface area (Å²) in [6, 6.07) is 0. The number of rotatable bonds is 5. The standard InChI is InChI=1S/C17H25N3O2S/c1-11-16(23-10-19-11)9-20-5-4-13-6-14(22-15(13)8-20)17(21)18-7-12-2-3-12/h10,12-15H,2-9H2,1H3,(H,18,21)/t13-,14-,15+/m1/s1. The van der Waals surface area contributed by atoms with Crippen LogP contribution in [0.5, 0.6) is 0 Å². The number of aryl methyl sites for hydroxylation is 1. The molecule has 3 fully saturated rings. The lowest BCUT2D eigenvalue weighted by atomic mass is 9.91. The third-order valence-corrected chi connectivity index (χ3v) is 6.32. The summed E-state index contributed by atoms with van der Waals surface area (Å²) in [5.74, 6) is 1.38. The van der Waals surface area contributed by atoms with E-state index in [1.54, 1.807) is 11.3 Å². The fourth-order valence-corrected chi connectivity index (χ4v) is 4.49. The third kappa shape index (κ3) is 3.59. The SMILES string of the molecule is Cc1ncsc1CN1CC[C@@H]2C[C@H](C(=O)NCC3CC3)O[C@H]2C1. The van der Waals surface area contributed by atoms with Gasteiger partial charge in [0.2, 0.25) is 5.91 Å². The van der Waals surface area contributed by atoms with Crippen LogP contribution in [0.15, 0.2) is 5.51 Å². The molecule has 1 N–H and O–H groups in total. The summed E-state index contributed by atoms with van der Waals surface area (Å²) < 4.78 is 6.09. The summed E-state index contributed by atoms with van der Waals surface area (Å²) in [7, 11) is 0. The molecule has 1 amide bonds. The van der Waals surface area contributed by atoms with Gasteiger partial charge in [-0.2, -0.15) is 0 Å². The van der Waals surface area contributed by atoms with E-state index in [-0.39, 0.29) is 18.1 Å². The van der Waals surface area contributed by atoms with Crippen LogP contribution < -0.4 is 5.32 Å². The summed E-state index contributed by atoms with van der Waals surface area (Å²) >= 11 is 1.73. The van der Waals surface area contributed by atoms with Gasteiger partial charge in [-0.1, -0.05) is 0 Å². The predicted molar refractivity (Wildman–Crippen MR) is 89.2 cm³/mol. The van der Waals surface area contributed by atoms with Crippen molar-refractivity contribution < 1.29 is 9.53 Å². The van der Waals surface area contributed by atoms with Crippen molar-refractivity contribution in [3.8, 4) is 0 Å². The highest BCUT2D eigenvalue weighted by Gasteiger charge is 2.42. The average molecular weight is 335 g/mol. The van der Waals surface area contributed by atoms with Gasteiger partial charge in [-0.15, -0.1) is 11.3 Å². The van der Waals surface area contributed by atoms with Crippen LogP contribution in [0.3, 0.4) is 0 Å². The smallest absolute Gasteiger partial charge is 0.249 e. The van der Waals surface area contributed by atoms with E-state index in [9.17, 15) is 4.79 Å². The minimum absolute atomic E-state index is 0.108. The Hall–Kier alpha value is -0.980. The van der Waals surface area contributed by atoms with Crippen molar-refractivity contribution in [2.24, 2.45) is 11.8 Å². The van der Waals surface area contributed by atoms with Crippen LogP contribution in [0.25, 0.3) is 0 Å². The maximum Gasteiger partial charge on any atom is 0.249 e. The van der Waals surface area contributed by atoms with Crippen molar-refractivity contribution in [1.82, 2.24) is 15.2 Å². The maximum atomic E-state index is 12.2. The Labute approximate surface area is 141 Å². The van der Waals surface area contributed by atoms with E-state index in [0.29, 0.717) is 5.92 Å². The van der Waals surface area contributed by atoms with Gasteiger partial charge in [0.25, 0.3) is 0 Å². The van der Waals surface area contributed by atoms with Crippen LogP contribution >= 0.6 is 11.3 Å². The van der Waals surface area contributed by atoms with E-state index in [1.165, 1.54) is 17.7 Å². The number of nitrogens with zero attached hydrogens (tertiary/aromatic N) is 2. The molecule has 1 aliphatic carbocycles. The van der Waals surface area contributed by atoms with Crippen molar-refractivity contribution in [1.29, 1.82) is 0 Å². The Morgan fingerprint density at radius 2 is 2.35 bits per heavy atom. The number of piperidine rings is 1. The molecule has 0 radical (unpaired) electrons. The molecule has 0 unspecified atom stereocenters. The van der Waals surface area contributed by atoms with Gasteiger partial charge in [-0.3, -0.25) is 9.69 Å². The van der Waals surface area contributed by atoms with E-state index in [4.69, 9.17) is 4.74 Å². The fourth-order valence-electron chi connectivity index (χ4n) is 3.67. The average Bonchev–Trinajstić information content (AvgIpc) is 3.15. The second-order valence-electron chi connectivity index (χ2n) is 7.23. The summed E-state index contributed by atoms with van der Waals surface area (Å²) in [5.41, 5.74) is 3.06. The van der Waals surface area contributed by atoms with Gasteiger partial charge in [0.15, 0.2) is 0 Å². The van der Waals surface area contributed by atoms with Gasteiger partial charge in [-0.25, -0.2) is 4.98 Å². The van der Waals surface area contributed by atoms with Gasteiger partial charge in [0, 0.05) is 24.5 Å². The molecule has 1 aromatic rings. The van der Waals surface area contributed by atoms with E-state index >= 15 is 0 Å². The summed E-state index contributed by atoms with van der Waals surface area (Å²) in [6.45, 7) is 5.91. The lowest BCUT2D eigenvalue weighted by Gasteiger charge is -2.33. The zero-order valence-corrected chi connectivity index (χ0v) is 14.5. The molecule has 1 saturated carbocycles. The molecule has 4 rings (SSSR count). The van der Waals surface area contributed by atoms with Gasteiger partial charge in [0.05, 0.1) is 17.3 Å². The van der Waals surface area contributed by atoms with Crippen LogP contribution in [-0.4, -0.2) is 47.6 Å². The topological polar surface area (TPSA) is 54.5 Å². The summed E-state index contributed by atoms with van der Waals surface area (Å²) in [5, 5.41) is 3.07. The molecule has 5 nitrogen and oxygen atoms in total. The summed E-state index contributed by atoms with van der Waals surface area (Å²) in [4.78, 5) is 20.4. The van der Waals surface area contributed by atoms with Crippen LogP contribution in [0, 0.1) is 18.8 Å². The maximum absolute atomic E-state index is 12.2. The highest BCUT2D eigenvalue weighted by atomic mass is 32.1. The second-order valence-corrected chi connectivity index (χ2v) is 8.17. The van der Waals surface area contributed by atoms with Crippen LogP contribution in [0.1, 0.15) is 36.3 Å². The molecule has 3 atom stereocenters. The van der Waals surface area contributed by atoms with Crippen molar-refractivity contribution in [3.63, 3.8) is 0 Å². The number of hydrogen-bond donors (Lipinski definition) is 1. The van der Waals surface area contributed by atoms with Crippen molar-refractivity contribution >= 4 is 17.2 Å². The first-order valence-electron chi connectivity index (χ1n) is 8.73. The Morgan fingerprint density at radius 3 is 3.09 bits per heavy atom. The zero-order valence-electron chi connectivity index (χ0n) is 13.7. The molecule has 0 spiro atoms. The van der Waals surface area contributed by atoms with Gasteiger partial charge in [0.1, 0.15) is 6.10 Å². The lowest BCUT2D eigenvalue weighted by Crippen LogP contribution is -2.42. The number of carbonyl (C=O) groups is 1. The number of aromatic nitrogens is 1. The fraction of sp³-hybridized carbons (Fsp3) is 0.765. The van der Waals surface area contributed by atoms with Crippen LogP contribution in [0.2, 0.25) is 0 Å². The normalized spacial score (nSPS) is 31.1. The number of carbonyl (C=O) groups excluding carboxylic acids is 1. The monoisotopic (exact) mass is 335 g/mol. The third-order valence-electron chi connectivity index (χ3n) is 5.40. The molecule has 126 valence electrons. The van der Waals surface area contributed by atoms with Crippen molar-refractivity contribution in [3.05, 3.63) is 16.1 Å². The number of fused-ring (bicyclic) bond motifs is 1. The predicted octanol–water partition coefficient (Wildman–Crippen LogP) is 1.96. The Bertz CT molecular complexity index is 572. The van der Waals surface area contributed by atoms with E-state index < -0.39 is 0 Å². The van der Waals surface area contributed by atoms with Gasteiger partial charge >= 0.3 is 0 Å². The van der Waals surface area contributed by atoms with Crippen LogP contribution in [0.4, 0.5) is 0 Å². The molecular formula is C17H25N3O2S. The summed E-state index contributed by atoms with van der Waals surface area (Å²) in [6.07, 6.45) is 4.55. The first kappa shape index (κ1) is 15.5. The number of likely N-dealkylation sites (tertiary alicyclic amines) is 1. The minimum Gasteiger partial charge on any atom is -0.364 e. The minimum atomic E-state index is -0.228. The first-order chi connectivity index (χ1) is 11.2. The molecule has 1 aromatic heterocycles. The van der Waals surface area contributed by atoms with E-state index in [2.05, 4.69) is 22.1 Å². The van der Waals surface area contributed by atoms with Crippen LogP contribution in [-0.2, 0) is 16.1 Å². The molecule has 2 saturated heterocycles. The number of hydrogen-bond acceptors (Lipinski definition) is 5. The van der Waals surface area contributed by atoms with Gasteiger partial charge < -0.3 is 10.1 Å². The molecule has 2 aliphatic heterocycles. The second kappa shape index (κ2) is 6.49. The number of ether oxygens (including phenoxy) is 1. The number of thiazole rings is 1. The number of amides is 1. The Morgan fingerprint density at radius 1 is 1.48 bits per heavy atom. The number of nitrogens with one attached hydrogen (secondary N) is 1. The zero-order chi connectivity index (χ0) is 15.8. The largest absolute Gasteiger partial charge is 0.364 e.